The van der Waals surface area contributed by atoms with Crippen LogP contribution in [0.5, 0.6) is 0 Å². The molecule has 0 bridgehead atoms. The molecule has 2 fully saturated rings. The number of nitrogens with one attached hydrogen (secondary N) is 1. The van der Waals surface area contributed by atoms with Crippen LogP contribution in [-0.4, -0.2) is 60.9 Å². The molecule has 0 aliphatic carbocycles. The van der Waals surface area contributed by atoms with Gasteiger partial charge in [0, 0.05) is 38.5 Å². The summed E-state index contributed by atoms with van der Waals surface area (Å²) in [7, 11) is 0. The minimum atomic E-state index is 0.0878. The SMILES string of the molecule is CCCC(=O)N1CCC(C(=O)NCCN2CCCCCC2)CC1. The number of hydrogen-bond donors (Lipinski definition) is 1. The minimum Gasteiger partial charge on any atom is -0.355 e. The highest BCUT2D eigenvalue weighted by atomic mass is 16.2. The van der Waals surface area contributed by atoms with Crippen molar-refractivity contribution in [3.63, 3.8) is 0 Å². The second kappa shape index (κ2) is 9.91. The Morgan fingerprint density at radius 3 is 2.26 bits per heavy atom. The highest BCUT2D eigenvalue weighted by Gasteiger charge is 2.26. The molecule has 2 aliphatic rings. The molecule has 2 saturated heterocycles. The summed E-state index contributed by atoms with van der Waals surface area (Å²) < 4.78 is 0. The molecule has 0 unspecified atom stereocenters. The summed E-state index contributed by atoms with van der Waals surface area (Å²) in [6.45, 7) is 7.59. The fraction of sp³-hybridized carbons (Fsp3) is 0.889. The van der Waals surface area contributed by atoms with E-state index in [4.69, 9.17) is 0 Å². The lowest BCUT2D eigenvalue weighted by atomic mass is 9.95. The molecule has 0 aromatic carbocycles. The Bertz CT molecular complexity index is 370. The summed E-state index contributed by atoms with van der Waals surface area (Å²) in [6.07, 6.45) is 8.42. The molecule has 5 nitrogen and oxygen atoms in total. The molecule has 2 heterocycles. The van der Waals surface area contributed by atoms with E-state index >= 15 is 0 Å². The maximum absolute atomic E-state index is 12.3. The predicted octanol–water partition coefficient (Wildman–Crippen LogP) is 2.02. The molecule has 0 saturated carbocycles. The molecule has 0 aromatic heterocycles. The average molecular weight is 323 g/mol. The highest BCUT2D eigenvalue weighted by molar-refractivity contribution is 5.80. The predicted molar refractivity (Wildman–Crippen MR) is 92.1 cm³/mol. The van der Waals surface area contributed by atoms with Gasteiger partial charge < -0.3 is 15.1 Å². The largest absolute Gasteiger partial charge is 0.355 e. The topological polar surface area (TPSA) is 52.7 Å². The molecule has 0 atom stereocenters. The standard InChI is InChI=1S/C18H33N3O2/c1-2-7-17(22)21-13-8-16(9-14-21)18(23)19-10-15-20-11-5-3-4-6-12-20/h16H,2-15H2,1H3,(H,19,23). The molecule has 23 heavy (non-hydrogen) atoms. The van der Waals surface area contributed by atoms with Crippen LogP contribution in [0.15, 0.2) is 0 Å². The number of nitrogens with zero attached hydrogens (tertiary/aromatic N) is 2. The van der Waals surface area contributed by atoms with Crippen LogP contribution < -0.4 is 5.32 Å². The van der Waals surface area contributed by atoms with E-state index in [9.17, 15) is 9.59 Å². The van der Waals surface area contributed by atoms with Gasteiger partial charge in [-0.25, -0.2) is 0 Å². The number of carbonyl (C=O) groups is 2. The Labute approximate surface area is 140 Å². The van der Waals surface area contributed by atoms with Gasteiger partial charge in [0.25, 0.3) is 0 Å². The first kappa shape index (κ1) is 18.2. The fourth-order valence-electron chi connectivity index (χ4n) is 3.60. The third-order valence-corrected chi connectivity index (χ3v) is 5.11. The maximum atomic E-state index is 12.3. The summed E-state index contributed by atoms with van der Waals surface area (Å²) in [5.41, 5.74) is 0. The smallest absolute Gasteiger partial charge is 0.223 e. The second-order valence-corrected chi connectivity index (χ2v) is 6.95. The summed E-state index contributed by atoms with van der Waals surface area (Å²) in [5, 5.41) is 3.11. The molecule has 2 amide bonds. The Kier molecular flexibility index (Phi) is 7.86. The van der Waals surface area contributed by atoms with Crippen LogP contribution in [-0.2, 0) is 9.59 Å². The molecular weight excluding hydrogens is 290 g/mol. The van der Waals surface area contributed by atoms with E-state index < -0.39 is 0 Å². The van der Waals surface area contributed by atoms with Gasteiger partial charge in [0.15, 0.2) is 0 Å². The first-order valence-electron chi connectivity index (χ1n) is 9.48. The van der Waals surface area contributed by atoms with Crippen molar-refractivity contribution in [1.29, 1.82) is 0 Å². The Hall–Kier alpha value is -1.10. The lowest BCUT2D eigenvalue weighted by Gasteiger charge is -2.31. The van der Waals surface area contributed by atoms with E-state index in [1.54, 1.807) is 0 Å². The van der Waals surface area contributed by atoms with E-state index in [1.165, 1.54) is 38.8 Å². The van der Waals surface area contributed by atoms with E-state index in [2.05, 4.69) is 10.2 Å². The summed E-state index contributed by atoms with van der Waals surface area (Å²) in [6, 6.07) is 0. The summed E-state index contributed by atoms with van der Waals surface area (Å²) >= 11 is 0. The Morgan fingerprint density at radius 2 is 1.65 bits per heavy atom. The average Bonchev–Trinajstić information content (AvgIpc) is 2.84. The van der Waals surface area contributed by atoms with Crippen LogP contribution in [0.3, 0.4) is 0 Å². The van der Waals surface area contributed by atoms with E-state index in [1.807, 2.05) is 11.8 Å². The lowest BCUT2D eigenvalue weighted by molar-refractivity contribution is -0.135. The lowest BCUT2D eigenvalue weighted by Crippen LogP contribution is -2.44. The van der Waals surface area contributed by atoms with Crippen molar-refractivity contribution in [2.45, 2.75) is 58.3 Å². The monoisotopic (exact) mass is 323 g/mol. The molecule has 132 valence electrons. The molecule has 0 aromatic rings. The zero-order valence-electron chi connectivity index (χ0n) is 14.7. The van der Waals surface area contributed by atoms with Crippen molar-refractivity contribution in [2.75, 3.05) is 39.3 Å². The van der Waals surface area contributed by atoms with Gasteiger partial charge in [0.05, 0.1) is 0 Å². The zero-order valence-corrected chi connectivity index (χ0v) is 14.7. The summed E-state index contributed by atoms with van der Waals surface area (Å²) in [4.78, 5) is 28.5. The van der Waals surface area contributed by atoms with E-state index in [0.717, 1.165) is 45.4 Å². The Balaban J connectivity index is 1.62. The van der Waals surface area contributed by atoms with Gasteiger partial charge in [-0.3, -0.25) is 9.59 Å². The molecule has 0 spiro atoms. The molecule has 1 N–H and O–H groups in total. The van der Waals surface area contributed by atoms with Crippen LogP contribution in [0, 0.1) is 5.92 Å². The molecule has 2 rings (SSSR count). The van der Waals surface area contributed by atoms with Crippen molar-refractivity contribution in [3.8, 4) is 0 Å². The van der Waals surface area contributed by atoms with E-state index in [-0.39, 0.29) is 17.7 Å². The number of rotatable bonds is 6. The minimum absolute atomic E-state index is 0.0878. The third kappa shape index (κ3) is 6.13. The number of piperidine rings is 1. The van der Waals surface area contributed by atoms with Crippen LogP contribution in [0.25, 0.3) is 0 Å². The van der Waals surface area contributed by atoms with Crippen molar-refractivity contribution in [3.05, 3.63) is 0 Å². The van der Waals surface area contributed by atoms with Crippen molar-refractivity contribution < 1.29 is 9.59 Å². The fourth-order valence-corrected chi connectivity index (χ4v) is 3.60. The van der Waals surface area contributed by atoms with Crippen LogP contribution in [0.1, 0.15) is 58.3 Å². The second-order valence-electron chi connectivity index (χ2n) is 6.95. The number of likely N-dealkylation sites (tertiary alicyclic amines) is 2. The summed E-state index contributed by atoms with van der Waals surface area (Å²) in [5.74, 6) is 0.514. The van der Waals surface area contributed by atoms with Crippen molar-refractivity contribution >= 4 is 11.8 Å². The zero-order chi connectivity index (χ0) is 16.5. The van der Waals surface area contributed by atoms with Gasteiger partial charge in [-0.15, -0.1) is 0 Å². The normalized spacial score (nSPS) is 21.0. The quantitative estimate of drug-likeness (QED) is 0.813. The van der Waals surface area contributed by atoms with Crippen LogP contribution in [0.4, 0.5) is 0 Å². The van der Waals surface area contributed by atoms with E-state index in [0.29, 0.717) is 6.42 Å². The van der Waals surface area contributed by atoms with Crippen LogP contribution in [0.2, 0.25) is 0 Å². The molecular formula is C18H33N3O2. The number of carbonyl (C=O) groups excluding carboxylic acids is 2. The molecule has 5 heteroatoms. The van der Waals surface area contributed by atoms with Gasteiger partial charge in [-0.2, -0.15) is 0 Å². The maximum Gasteiger partial charge on any atom is 0.223 e. The first-order valence-corrected chi connectivity index (χ1v) is 9.48. The molecule has 2 aliphatic heterocycles. The van der Waals surface area contributed by atoms with Crippen molar-refractivity contribution in [2.24, 2.45) is 5.92 Å². The number of amides is 2. The number of hydrogen-bond acceptors (Lipinski definition) is 3. The first-order chi connectivity index (χ1) is 11.2. The van der Waals surface area contributed by atoms with Gasteiger partial charge in [-0.05, 0) is 45.2 Å². The van der Waals surface area contributed by atoms with Gasteiger partial charge in [0.2, 0.25) is 11.8 Å². The van der Waals surface area contributed by atoms with Crippen molar-refractivity contribution in [1.82, 2.24) is 15.1 Å². The Morgan fingerprint density at radius 1 is 1.00 bits per heavy atom. The third-order valence-electron chi connectivity index (χ3n) is 5.11. The van der Waals surface area contributed by atoms with Gasteiger partial charge in [-0.1, -0.05) is 19.8 Å². The van der Waals surface area contributed by atoms with Crippen LogP contribution >= 0.6 is 0 Å². The van der Waals surface area contributed by atoms with Gasteiger partial charge in [0.1, 0.15) is 0 Å². The highest BCUT2D eigenvalue weighted by Crippen LogP contribution is 2.18. The van der Waals surface area contributed by atoms with Gasteiger partial charge >= 0.3 is 0 Å². The molecule has 0 radical (unpaired) electrons.